The van der Waals surface area contributed by atoms with Crippen LogP contribution in [0, 0.1) is 11.6 Å². The molecule has 42 heavy (non-hydrogen) atoms. The second-order valence-corrected chi connectivity index (χ2v) is 9.64. The molecule has 16 heteroatoms. The Hall–Kier alpha value is -5.02. The van der Waals surface area contributed by atoms with Crippen LogP contribution in [0.4, 0.5) is 29.7 Å². The molecule has 1 atom stereocenters. The molecular weight excluding hydrogens is 558 g/mol. The Morgan fingerprint density at radius 2 is 1.86 bits per heavy atom. The summed E-state index contributed by atoms with van der Waals surface area (Å²) in [5, 5.41) is 5.00. The first kappa shape index (κ1) is 28.5. The summed E-state index contributed by atoms with van der Waals surface area (Å²) < 4.78 is 41.6. The number of hydrogen-bond donors (Lipinski definition) is 2. The van der Waals surface area contributed by atoms with E-state index in [0.29, 0.717) is 11.3 Å². The fraction of sp³-hybridized carbons (Fsp3) is 0.385. The number of carbonyl (C=O) groups is 4. The van der Waals surface area contributed by atoms with E-state index < -0.39 is 29.9 Å². The number of methoxy groups -OCH3 is 1. The predicted molar refractivity (Wildman–Crippen MR) is 143 cm³/mol. The number of benzene rings is 1. The number of cyclic esters (lactones) is 1. The van der Waals surface area contributed by atoms with Crippen molar-refractivity contribution in [2.75, 3.05) is 62.7 Å². The molecule has 4 heterocycles. The summed E-state index contributed by atoms with van der Waals surface area (Å²) in [6.07, 6.45) is 4.38. The van der Waals surface area contributed by atoms with E-state index in [1.165, 1.54) is 16.9 Å². The third-order valence-electron chi connectivity index (χ3n) is 6.89. The molecule has 3 aromatic rings. The van der Waals surface area contributed by atoms with Gasteiger partial charge in [-0.1, -0.05) is 0 Å². The number of ether oxygens (including phenoxy) is 2. The second kappa shape index (κ2) is 12.2. The van der Waals surface area contributed by atoms with Gasteiger partial charge in [-0.05, 0) is 0 Å². The van der Waals surface area contributed by atoms with Gasteiger partial charge in [0.2, 0.25) is 11.8 Å². The zero-order chi connectivity index (χ0) is 29.8. The molecule has 0 spiro atoms. The highest BCUT2D eigenvalue weighted by Gasteiger charge is 2.34. The summed E-state index contributed by atoms with van der Waals surface area (Å²) in [6, 6.07) is 2.09. The first-order valence-electron chi connectivity index (χ1n) is 13.1. The van der Waals surface area contributed by atoms with E-state index in [-0.39, 0.29) is 75.4 Å². The molecule has 0 aliphatic carbocycles. The van der Waals surface area contributed by atoms with Gasteiger partial charge < -0.3 is 34.3 Å². The summed E-state index contributed by atoms with van der Waals surface area (Å²) in [4.78, 5) is 60.9. The van der Waals surface area contributed by atoms with Crippen molar-refractivity contribution in [1.29, 1.82) is 0 Å². The number of fused-ring (bicyclic) bond motifs is 1. The van der Waals surface area contributed by atoms with Crippen LogP contribution < -0.4 is 20.4 Å². The monoisotopic (exact) mass is 586 g/mol. The summed E-state index contributed by atoms with van der Waals surface area (Å²) >= 11 is 0. The van der Waals surface area contributed by atoms with Gasteiger partial charge in [-0.2, -0.15) is 0 Å². The van der Waals surface area contributed by atoms with Crippen LogP contribution in [-0.2, 0) is 25.5 Å². The number of halogens is 2. The molecule has 2 N–H and O–H groups in total. The molecule has 222 valence electrons. The average molecular weight is 587 g/mol. The normalized spacial score (nSPS) is 16.9. The van der Waals surface area contributed by atoms with E-state index in [2.05, 4.69) is 25.3 Å². The minimum absolute atomic E-state index is 0.00251. The standard InChI is InChI=1S/C26H28F2N8O6/c1-41-25(39)31-11-18-15-36(26(40)42-18)17-9-19(27)24(20(28)10-17)34-6-4-33(5-7-34)23(38)13-30-22(37)8-16-14-35-3-2-29-12-21(35)32-16/h2-3,9-10,12,14,18H,4-8,11,13,15H2,1H3,(H,30,37)(H,31,39)/t18-/m0/s1. The maximum atomic E-state index is 15.1. The lowest BCUT2D eigenvalue weighted by Crippen LogP contribution is -2.51. The van der Waals surface area contributed by atoms with Gasteiger partial charge in [0.1, 0.15) is 11.8 Å². The van der Waals surface area contributed by atoms with E-state index in [9.17, 15) is 19.2 Å². The fourth-order valence-corrected chi connectivity index (χ4v) is 4.79. The summed E-state index contributed by atoms with van der Waals surface area (Å²) in [6.45, 7) is 0.459. The van der Waals surface area contributed by atoms with Crippen LogP contribution in [0.3, 0.4) is 0 Å². The lowest BCUT2D eigenvalue weighted by atomic mass is 10.2. The Balaban J connectivity index is 1.11. The number of carbonyl (C=O) groups excluding carboxylic acids is 4. The number of nitrogens with one attached hydrogen (secondary N) is 2. The highest BCUT2D eigenvalue weighted by atomic mass is 19.1. The van der Waals surface area contributed by atoms with Crippen LogP contribution in [0.15, 0.2) is 36.9 Å². The molecule has 5 rings (SSSR count). The molecule has 0 unspecified atom stereocenters. The predicted octanol–water partition coefficient (Wildman–Crippen LogP) is 0.696. The van der Waals surface area contributed by atoms with Crippen LogP contribution >= 0.6 is 0 Å². The average Bonchev–Trinajstić information content (AvgIpc) is 3.56. The Morgan fingerprint density at radius 1 is 1.12 bits per heavy atom. The number of alkyl carbamates (subject to hydrolysis) is 1. The van der Waals surface area contributed by atoms with E-state index in [1.54, 1.807) is 29.2 Å². The largest absolute Gasteiger partial charge is 0.453 e. The molecule has 1 aromatic carbocycles. The molecule has 4 amide bonds. The van der Waals surface area contributed by atoms with Crippen molar-refractivity contribution in [3.8, 4) is 0 Å². The molecule has 2 aromatic heterocycles. The zero-order valence-electron chi connectivity index (χ0n) is 22.6. The first-order chi connectivity index (χ1) is 20.2. The van der Waals surface area contributed by atoms with Crippen molar-refractivity contribution in [2.45, 2.75) is 12.5 Å². The van der Waals surface area contributed by atoms with E-state index in [4.69, 9.17) is 4.74 Å². The summed E-state index contributed by atoms with van der Waals surface area (Å²) in [5.41, 5.74) is 0.852. The minimum Gasteiger partial charge on any atom is -0.453 e. The highest BCUT2D eigenvalue weighted by molar-refractivity contribution is 5.90. The highest BCUT2D eigenvalue weighted by Crippen LogP contribution is 2.31. The Bertz CT molecular complexity index is 1450. The molecule has 2 aliphatic rings. The molecule has 14 nitrogen and oxygen atoms in total. The first-order valence-corrected chi connectivity index (χ1v) is 13.1. The van der Waals surface area contributed by atoms with Crippen LogP contribution in [0.2, 0.25) is 0 Å². The van der Waals surface area contributed by atoms with Crippen molar-refractivity contribution in [2.24, 2.45) is 0 Å². The van der Waals surface area contributed by atoms with Crippen LogP contribution in [0.5, 0.6) is 0 Å². The summed E-state index contributed by atoms with van der Waals surface area (Å²) in [5.74, 6) is -2.43. The van der Waals surface area contributed by atoms with Crippen molar-refractivity contribution < 1.29 is 37.4 Å². The number of imidazole rings is 1. The smallest absolute Gasteiger partial charge is 0.414 e. The number of piperazine rings is 1. The van der Waals surface area contributed by atoms with Crippen molar-refractivity contribution in [3.63, 3.8) is 0 Å². The maximum Gasteiger partial charge on any atom is 0.414 e. The minimum atomic E-state index is -0.872. The van der Waals surface area contributed by atoms with Crippen LogP contribution in [0.1, 0.15) is 5.69 Å². The SMILES string of the molecule is COC(=O)NC[C@H]1CN(c2cc(F)c(N3CCN(C(=O)CNC(=O)Cc4cn5ccncc5n4)CC3)c(F)c2)C(=O)O1. The van der Waals surface area contributed by atoms with E-state index >= 15 is 8.78 Å². The zero-order valence-corrected chi connectivity index (χ0v) is 22.6. The summed E-state index contributed by atoms with van der Waals surface area (Å²) in [7, 11) is 1.19. The Kier molecular flexibility index (Phi) is 8.31. The van der Waals surface area contributed by atoms with Crippen molar-refractivity contribution in [3.05, 3.63) is 54.2 Å². The fourth-order valence-electron chi connectivity index (χ4n) is 4.79. The lowest BCUT2D eigenvalue weighted by Gasteiger charge is -2.36. The van der Waals surface area contributed by atoms with Crippen molar-refractivity contribution in [1.82, 2.24) is 29.9 Å². The van der Waals surface area contributed by atoms with Crippen LogP contribution in [0.25, 0.3) is 5.65 Å². The van der Waals surface area contributed by atoms with Crippen molar-refractivity contribution >= 4 is 41.0 Å². The number of amides is 4. The number of hydrogen-bond acceptors (Lipinski definition) is 9. The van der Waals surface area contributed by atoms with Gasteiger partial charge >= 0.3 is 12.2 Å². The third-order valence-corrected chi connectivity index (χ3v) is 6.89. The van der Waals surface area contributed by atoms with Gasteiger partial charge in [-0.3, -0.25) is 19.5 Å². The molecule has 2 fully saturated rings. The molecular formula is C26H28F2N8O6. The van der Waals surface area contributed by atoms with Gasteiger partial charge in [0.05, 0.1) is 50.7 Å². The van der Waals surface area contributed by atoms with E-state index in [0.717, 1.165) is 17.0 Å². The number of aromatic nitrogens is 3. The van der Waals surface area contributed by atoms with Gasteiger partial charge in [0.15, 0.2) is 17.3 Å². The van der Waals surface area contributed by atoms with Crippen LogP contribution in [-0.4, -0.2) is 102 Å². The third kappa shape index (κ3) is 6.31. The van der Waals surface area contributed by atoms with Gasteiger partial charge in [-0.25, -0.2) is 23.4 Å². The second-order valence-electron chi connectivity index (χ2n) is 9.64. The quantitative estimate of drug-likeness (QED) is 0.389. The topological polar surface area (TPSA) is 151 Å². The lowest BCUT2D eigenvalue weighted by molar-refractivity contribution is -0.133. The maximum absolute atomic E-state index is 15.1. The Morgan fingerprint density at radius 3 is 2.55 bits per heavy atom. The van der Waals surface area contributed by atoms with Gasteiger partial charge in [0.25, 0.3) is 0 Å². The van der Waals surface area contributed by atoms with Gasteiger partial charge in [-0.15, -0.1) is 0 Å². The Labute approximate surface area is 238 Å². The van der Waals surface area contributed by atoms with Gasteiger partial charge in [0, 0.05) is 56.9 Å². The molecule has 0 saturated carbocycles. The molecule has 2 aliphatic heterocycles. The number of nitrogens with zero attached hydrogens (tertiary/aromatic N) is 6. The molecule has 0 radical (unpaired) electrons. The molecule has 0 bridgehead atoms. The van der Waals surface area contributed by atoms with E-state index in [1.807, 2.05) is 0 Å². The number of anilines is 2. The molecule has 2 saturated heterocycles. The number of rotatable bonds is 8.